The molecule has 0 aliphatic heterocycles. The first-order valence-corrected chi connectivity index (χ1v) is 8.37. The zero-order chi connectivity index (χ0) is 20.0. The lowest BCUT2D eigenvalue weighted by molar-refractivity contribution is -0.113. The van der Waals surface area contributed by atoms with Crippen LogP contribution in [-0.4, -0.2) is 52.1 Å². The summed E-state index contributed by atoms with van der Waals surface area (Å²) in [6.07, 6.45) is 3.20. The quantitative estimate of drug-likeness (QED) is 0.735. The van der Waals surface area contributed by atoms with Crippen LogP contribution in [0.15, 0.2) is 48.5 Å². The maximum atomic E-state index is 12.4. The topological polar surface area (TPSA) is 59.1 Å². The molecule has 6 heteroatoms. The summed E-state index contributed by atoms with van der Waals surface area (Å²) in [5.74, 6) is 0.912. The van der Waals surface area contributed by atoms with Gasteiger partial charge in [-0.15, -0.1) is 0 Å². The Bertz CT molecular complexity index is 842. The van der Waals surface area contributed by atoms with Crippen LogP contribution in [0.4, 0.5) is 5.69 Å². The van der Waals surface area contributed by atoms with Crippen molar-refractivity contribution in [1.82, 2.24) is 4.90 Å². The van der Waals surface area contributed by atoms with Crippen LogP contribution >= 0.6 is 0 Å². The van der Waals surface area contributed by atoms with Gasteiger partial charge in [0.05, 0.1) is 14.2 Å². The molecule has 0 aliphatic rings. The average molecular weight is 368 g/mol. The molecular weight excluding hydrogens is 344 g/mol. The molecule has 0 fully saturated rings. The summed E-state index contributed by atoms with van der Waals surface area (Å²) in [5.41, 5.74) is 2.12. The summed E-state index contributed by atoms with van der Waals surface area (Å²) in [5, 5.41) is 0. The molecule has 0 unspecified atom stereocenters. The van der Waals surface area contributed by atoms with E-state index in [0.29, 0.717) is 22.7 Å². The third-order valence-corrected chi connectivity index (χ3v) is 4.07. The highest BCUT2D eigenvalue weighted by atomic mass is 16.5. The Kier molecular flexibility index (Phi) is 6.60. The summed E-state index contributed by atoms with van der Waals surface area (Å²) < 4.78 is 10.5. The Morgan fingerprint density at radius 1 is 0.889 bits per heavy atom. The Morgan fingerprint density at radius 2 is 1.52 bits per heavy atom. The number of ether oxygens (including phenoxy) is 2. The number of anilines is 1. The lowest BCUT2D eigenvalue weighted by Gasteiger charge is -2.17. The summed E-state index contributed by atoms with van der Waals surface area (Å²) in [4.78, 5) is 27.4. The Balaban J connectivity index is 2.11. The molecule has 0 saturated carbocycles. The molecule has 27 heavy (non-hydrogen) atoms. The third kappa shape index (κ3) is 4.88. The van der Waals surface area contributed by atoms with Gasteiger partial charge in [0.15, 0.2) is 11.5 Å². The molecule has 0 aromatic heterocycles. The highest BCUT2D eigenvalue weighted by Gasteiger charge is 2.12. The zero-order valence-electron chi connectivity index (χ0n) is 16.2. The number of carbonyl (C=O) groups is 2. The fourth-order valence-electron chi connectivity index (χ4n) is 2.44. The van der Waals surface area contributed by atoms with Crippen LogP contribution in [0.2, 0.25) is 0 Å². The second-order valence-electron chi connectivity index (χ2n) is 6.09. The molecular formula is C21H24N2O4. The SMILES string of the molecule is COc1ccc(N(C)C(=O)/C=C/c2ccc(C(=O)N(C)C)cc2)cc1OC. The van der Waals surface area contributed by atoms with Gasteiger partial charge in [-0.3, -0.25) is 9.59 Å². The molecule has 2 aromatic carbocycles. The molecule has 0 spiro atoms. The predicted molar refractivity (Wildman–Crippen MR) is 106 cm³/mol. The molecule has 0 heterocycles. The summed E-state index contributed by atoms with van der Waals surface area (Å²) >= 11 is 0. The van der Waals surface area contributed by atoms with E-state index in [0.717, 1.165) is 5.56 Å². The number of amides is 2. The molecule has 2 rings (SSSR count). The molecule has 2 amide bonds. The van der Waals surface area contributed by atoms with Crippen LogP contribution < -0.4 is 14.4 Å². The van der Waals surface area contributed by atoms with Gasteiger partial charge in [0.25, 0.3) is 11.8 Å². The minimum absolute atomic E-state index is 0.0604. The van der Waals surface area contributed by atoms with Gasteiger partial charge < -0.3 is 19.3 Å². The van der Waals surface area contributed by atoms with Crippen molar-refractivity contribution >= 4 is 23.6 Å². The van der Waals surface area contributed by atoms with Crippen LogP contribution in [-0.2, 0) is 4.79 Å². The van der Waals surface area contributed by atoms with E-state index in [2.05, 4.69) is 0 Å². The third-order valence-electron chi connectivity index (χ3n) is 4.07. The van der Waals surface area contributed by atoms with Crippen LogP contribution in [0.1, 0.15) is 15.9 Å². The highest BCUT2D eigenvalue weighted by Crippen LogP contribution is 2.31. The van der Waals surface area contributed by atoms with Gasteiger partial charge in [-0.1, -0.05) is 12.1 Å². The van der Waals surface area contributed by atoms with E-state index in [1.54, 1.807) is 83.9 Å². The summed E-state index contributed by atoms with van der Waals surface area (Å²) in [6, 6.07) is 12.4. The Labute approximate surface area is 159 Å². The van der Waals surface area contributed by atoms with Crippen molar-refractivity contribution < 1.29 is 19.1 Å². The Morgan fingerprint density at radius 3 is 2.07 bits per heavy atom. The van der Waals surface area contributed by atoms with Gasteiger partial charge in [0, 0.05) is 44.5 Å². The van der Waals surface area contributed by atoms with Crippen LogP contribution in [0, 0.1) is 0 Å². The second-order valence-corrected chi connectivity index (χ2v) is 6.09. The normalized spacial score (nSPS) is 10.6. The van der Waals surface area contributed by atoms with Crippen LogP contribution in [0.5, 0.6) is 11.5 Å². The lowest BCUT2D eigenvalue weighted by Crippen LogP contribution is -2.23. The monoisotopic (exact) mass is 368 g/mol. The maximum absolute atomic E-state index is 12.4. The van der Waals surface area contributed by atoms with Crippen molar-refractivity contribution in [3.63, 3.8) is 0 Å². The van der Waals surface area contributed by atoms with Gasteiger partial charge in [-0.2, -0.15) is 0 Å². The van der Waals surface area contributed by atoms with Crippen molar-refractivity contribution in [3.8, 4) is 11.5 Å². The largest absolute Gasteiger partial charge is 0.493 e. The molecule has 142 valence electrons. The van der Waals surface area contributed by atoms with Crippen molar-refractivity contribution in [3.05, 3.63) is 59.7 Å². The summed E-state index contributed by atoms with van der Waals surface area (Å²) in [6.45, 7) is 0. The van der Waals surface area contributed by atoms with Crippen molar-refractivity contribution in [2.75, 3.05) is 40.3 Å². The number of likely N-dealkylation sites (N-methyl/N-ethyl adjacent to an activating group) is 1. The first-order chi connectivity index (χ1) is 12.9. The zero-order valence-corrected chi connectivity index (χ0v) is 16.2. The van der Waals surface area contributed by atoms with Crippen LogP contribution in [0.25, 0.3) is 6.08 Å². The van der Waals surface area contributed by atoms with Gasteiger partial charge in [0.1, 0.15) is 0 Å². The number of nitrogens with zero attached hydrogens (tertiary/aromatic N) is 2. The fourth-order valence-corrected chi connectivity index (χ4v) is 2.44. The first-order valence-electron chi connectivity index (χ1n) is 8.37. The van der Waals surface area contributed by atoms with Crippen LogP contribution in [0.3, 0.4) is 0 Å². The highest BCUT2D eigenvalue weighted by molar-refractivity contribution is 6.03. The molecule has 0 saturated heterocycles. The van der Waals surface area contributed by atoms with Crippen molar-refractivity contribution in [2.45, 2.75) is 0 Å². The first kappa shape index (κ1) is 20.0. The number of methoxy groups -OCH3 is 2. The molecule has 0 atom stereocenters. The second kappa shape index (κ2) is 8.89. The number of rotatable bonds is 6. The number of hydrogen-bond acceptors (Lipinski definition) is 4. The van der Waals surface area contributed by atoms with E-state index >= 15 is 0 Å². The smallest absolute Gasteiger partial charge is 0.253 e. The molecule has 0 bridgehead atoms. The van der Waals surface area contributed by atoms with E-state index in [-0.39, 0.29) is 11.8 Å². The molecule has 0 N–H and O–H groups in total. The molecule has 0 aliphatic carbocycles. The number of benzene rings is 2. The van der Waals surface area contributed by atoms with E-state index in [4.69, 9.17) is 9.47 Å². The Hall–Kier alpha value is -3.28. The molecule has 6 nitrogen and oxygen atoms in total. The minimum Gasteiger partial charge on any atom is -0.493 e. The van der Waals surface area contributed by atoms with E-state index in [1.807, 2.05) is 0 Å². The van der Waals surface area contributed by atoms with Gasteiger partial charge >= 0.3 is 0 Å². The standard InChI is InChI=1S/C21H24N2O4/c1-22(2)21(25)16-9-6-15(7-10-16)8-13-20(24)23(3)17-11-12-18(26-4)19(14-17)27-5/h6-14H,1-5H3/b13-8+. The van der Waals surface area contributed by atoms with Gasteiger partial charge in [0.2, 0.25) is 0 Å². The van der Waals surface area contributed by atoms with Crippen molar-refractivity contribution in [2.24, 2.45) is 0 Å². The average Bonchev–Trinajstić information content (AvgIpc) is 2.70. The van der Waals surface area contributed by atoms with Gasteiger partial charge in [-0.25, -0.2) is 0 Å². The van der Waals surface area contributed by atoms with Gasteiger partial charge in [-0.05, 0) is 35.9 Å². The predicted octanol–water partition coefficient (Wildman–Crippen LogP) is 3.08. The lowest BCUT2D eigenvalue weighted by atomic mass is 10.1. The van der Waals surface area contributed by atoms with E-state index < -0.39 is 0 Å². The fraction of sp³-hybridized carbons (Fsp3) is 0.238. The molecule has 2 aromatic rings. The summed E-state index contributed by atoms with van der Waals surface area (Å²) in [7, 11) is 8.21. The molecule has 0 radical (unpaired) electrons. The number of carbonyl (C=O) groups excluding carboxylic acids is 2. The number of hydrogen-bond donors (Lipinski definition) is 0. The van der Waals surface area contributed by atoms with E-state index in [1.165, 1.54) is 15.9 Å². The van der Waals surface area contributed by atoms with Crippen molar-refractivity contribution in [1.29, 1.82) is 0 Å². The van der Waals surface area contributed by atoms with E-state index in [9.17, 15) is 9.59 Å². The minimum atomic E-state index is -0.185. The maximum Gasteiger partial charge on any atom is 0.253 e.